The highest BCUT2D eigenvalue weighted by Crippen LogP contribution is 2.25. The van der Waals surface area contributed by atoms with Crippen molar-refractivity contribution in [3.8, 4) is 0 Å². The summed E-state index contributed by atoms with van der Waals surface area (Å²) in [4.78, 5) is 16.1. The molecule has 29 heavy (non-hydrogen) atoms. The predicted molar refractivity (Wildman–Crippen MR) is 117 cm³/mol. The molecule has 0 saturated carbocycles. The minimum atomic E-state index is -0.303. The van der Waals surface area contributed by atoms with Crippen molar-refractivity contribution in [1.29, 1.82) is 0 Å². The number of ketones is 1. The van der Waals surface area contributed by atoms with Gasteiger partial charge in [-0.05, 0) is 86.8 Å². The van der Waals surface area contributed by atoms with E-state index < -0.39 is 0 Å². The van der Waals surface area contributed by atoms with Crippen LogP contribution in [-0.4, -0.2) is 59.5 Å². The number of piperidine rings is 1. The minimum Gasteiger partial charge on any atom is -0.393 e. The van der Waals surface area contributed by atoms with Crippen molar-refractivity contribution in [2.75, 3.05) is 32.7 Å². The van der Waals surface area contributed by atoms with Gasteiger partial charge in [-0.25, -0.2) is 0 Å². The largest absolute Gasteiger partial charge is 0.393 e. The molecule has 156 valence electrons. The molecule has 2 heterocycles. The summed E-state index contributed by atoms with van der Waals surface area (Å²) >= 11 is 0. The van der Waals surface area contributed by atoms with Gasteiger partial charge in [-0.15, -0.1) is 0 Å². The molecular weight excluding hydrogens is 360 g/mol. The van der Waals surface area contributed by atoms with Gasteiger partial charge in [-0.1, -0.05) is 24.3 Å². The topological polar surface area (TPSA) is 43.8 Å². The van der Waals surface area contributed by atoms with Crippen LogP contribution >= 0.6 is 0 Å². The highest BCUT2D eigenvalue weighted by molar-refractivity contribution is 5.77. The van der Waals surface area contributed by atoms with Crippen molar-refractivity contribution in [3.05, 3.63) is 58.8 Å². The SMILES string of the molecule is CC(=O)CN1CCC[C@H](CC(O)Cc2ccc3c(c2)CCN(C2=CC=C2)CC3)C1. The van der Waals surface area contributed by atoms with Gasteiger partial charge >= 0.3 is 0 Å². The molecule has 0 spiro atoms. The molecule has 0 bridgehead atoms. The molecule has 0 radical (unpaired) electrons. The van der Waals surface area contributed by atoms with Crippen LogP contribution in [0.15, 0.2) is 42.1 Å². The number of aliphatic hydroxyl groups excluding tert-OH is 1. The van der Waals surface area contributed by atoms with Crippen LogP contribution in [0.4, 0.5) is 0 Å². The standard InChI is InChI=1S/C25H34N2O2/c1-19(28)17-26-11-3-4-21(18-26)16-25(29)15-20-7-8-22-9-12-27(24-5-2-6-24)13-10-23(22)14-20/h2,5-8,14,21,25,29H,3-4,9-13,15-18H2,1H3/t21-,25?/m1/s1. The third-order valence-electron chi connectivity index (χ3n) is 6.60. The Kier molecular flexibility index (Phi) is 6.51. The number of carbonyl (C=O) groups excluding carboxylic acids is 1. The molecule has 1 aromatic carbocycles. The number of rotatable bonds is 7. The molecule has 1 aliphatic carbocycles. The Labute approximate surface area is 174 Å². The van der Waals surface area contributed by atoms with Gasteiger partial charge in [-0.2, -0.15) is 0 Å². The fraction of sp³-hybridized carbons (Fsp3) is 0.560. The molecule has 3 aliphatic rings. The Morgan fingerprint density at radius 3 is 2.72 bits per heavy atom. The molecule has 2 atom stereocenters. The number of fused-ring (bicyclic) bond motifs is 1. The van der Waals surface area contributed by atoms with Crippen LogP contribution in [0, 0.1) is 5.92 Å². The van der Waals surface area contributed by atoms with Crippen LogP contribution in [0.1, 0.15) is 42.9 Å². The number of carbonyl (C=O) groups is 1. The van der Waals surface area contributed by atoms with Gasteiger partial charge in [0.05, 0.1) is 12.6 Å². The highest BCUT2D eigenvalue weighted by atomic mass is 16.3. The van der Waals surface area contributed by atoms with E-state index in [0.29, 0.717) is 12.5 Å². The predicted octanol–water partition coefficient (Wildman–Crippen LogP) is 3.14. The summed E-state index contributed by atoms with van der Waals surface area (Å²) in [5.41, 5.74) is 5.52. The van der Waals surface area contributed by atoms with E-state index in [1.807, 2.05) is 0 Å². The van der Waals surface area contributed by atoms with Crippen LogP contribution in [0.25, 0.3) is 0 Å². The zero-order valence-electron chi connectivity index (χ0n) is 17.6. The molecule has 1 aromatic rings. The lowest BCUT2D eigenvalue weighted by Crippen LogP contribution is -2.39. The van der Waals surface area contributed by atoms with Crippen LogP contribution in [0.2, 0.25) is 0 Å². The van der Waals surface area contributed by atoms with Crippen molar-refractivity contribution >= 4 is 5.78 Å². The second-order valence-corrected chi connectivity index (χ2v) is 9.08. The number of hydrogen-bond acceptors (Lipinski definition) is 4. The molecule has 1 unspecified atom stereocenters. The summed E-state index contributed by atoms with van der Waals surface area (Å²) in [6.07, 6.45) is 12.2. The monoisotopic (exact) mass is 394 g/mol. The van der Waals surface area contributed by atoms with Gasteiger partial charge in [0.25, 0.3) is 0 Å². The van der Waals surface area contributed by atoms with Crippen LogP contribution in [-0.2, 0) is 24.1 Å². The third-order valence-corrected chi connectivity index (χ3v) is 6.60. The summed E-state index contributed by atoms with van der Waals surface area (Å²) in [6, 6.07) is 6.82. The fourth-order valence-corrected chi connectivity index (χ4v) is 5.10. The average molecular weight is 395 g/mol. The number of allylic oxidation sites excluding steroid dienone is 3. The summed E-state index contributed by atoms with van der Waals surface area (Å²) < 4.78 is 0. The molecule has 1 fully saturated rings. The Morgan fingerprint density at radius 1 is 1.21 bits per heavy atom. The average Bonchev–Trinajstić information content (AvgIpc) is 2.82. The lowest BCUT2D eigenvalue weighted by Gasteiger charge is -2.33. The minimum absolute atomic E-state index is 0.236. The lowest BCUT2D eigenvalue weighted by molar-refractivity contribution is -0.118. The van der Waals surface area contributed by atoms with E-state index >= 15 is 0 Å². The number of benzene rings is 1. The van der Waals surface area contributed by atoms with E-state index in [0.717, 1.165) is 64.7 Å². The molecule has 0 amide bonds. The van der Waals surface area contributed by atoms with Gasteiger partial charge in [0, 0.05) is 25.3 Å². The van der Waals surface area contributed by atoms with Gasteiger partial charge < -0.3 is 10.0 Å². The van der Waals surface area contributed by atoms with E-state index in [1.165, 1.54) is 22.4 Å². The van der Waals surface area contributed by atoms with Crippen molar-refractivity contribution in [3.63, 3.8) is 0 Å². The summed E-state index contributed by atoms with van der Waals surface area (Å²) in [5, 5.41) is 10.7. The maximum atomic E-state index is 11.4. The third kappa shape index (κ3) is 5.37. The molecule has 1 N–H and O–H groups in total. The maximum Gasteiger partial charge on any atom is 0.143 e. The molecule has 4 rings (SSSR count). The second kappa shape index (κ2) is 9.27. The molecule has 1 saturated heterocycles. The van der Waals surface area contributed by atoms with Crippen molar-refractivity contribution in [1.82, 2.24) is 9.80 Å². The van der Waals surface area contributed by atoms with Gasteiger partial charge in [0.1, 0.15) is 5.78 Å². The van der Waals surface area contributed by atoms with Gasteiger partial charge in [0.15, 0.2) is 0 Å². The van der Waals surface area contributed by atoms with Gasteiger partial charge in [0.2, 0.25) is 0 Å². The molecule has 4 heteroatoms. The first-order valence-electron chi connectivity index (χ1n) is 11.2. The molecule has 4 nitrogen and oxygen atoms in total. The van der Waals surface area contributed by atoms with Crippen molar-refractivity contribution in [2.45, 2.75) is 51.6 Å². The quantitative estimate of drug-likeness (QED) is 0.772. The zero-order valence-corrected chi connectivity index (χ0v) is 17.6. The van der Waals surface area contributed by atoms with Gasteiger partial charge in [-0.3, -0.25) is 9.69 Å². The highest BCUT2D eigenvalue weighted by Gasteiger charge is 2.23. The number of nitrogens with zero attached hydrogens (tertiary/aromatic N) is 2. The van der Waals surface area contributed by atoms with Crippen LogP contribution in [0.5, 0.6) is 0 Å². The Bertz CT molecular complexity index is 798. The van der Waals surface area contributed by atoms with Crippen LogP contribution in [0.3, 0.4) is 0 Å². The Balaban J connectivity index is 1.30. The summed E-state index contributed by atoms with van der Waals surface area (Å²) in [5.74, 6) is 0.732. The number of aliphatic hydroxyl groups is 1. The lowest BCUT2D eigenvalue weighted by atomic mass is 9.89. The maximum absolute atomic E-state index is 11.4. The number of hydrogen-bond donors (Lipinski definition) is 1. The first kappa shape index (κ1) is 20.4. The Morgan fingerprint density at radius 2 is 2.00 bits per heavy atom. The van der Waals surface area contributed by atoms with E-state index in [1.54, 1.807) is 6.92 Å². The summed E-state index contributed by atoms with van der Waals surface area (Å²) in [6.45, 7) is 6.34. The van der Waals surface area contributed by atoms with E-state index in [2.05, 4.69) is 46.2 Å². The smallest absolute Gasteiger partial charge is 0.143 e. The first-order valence-corrected chi connectivity index (χ1v) is 11.2. The first-order chi connectivity index (χ1) is 14.1. The Hall–Kier alpha value is -1.91. The fourth-order valence-electron chi connectivity index (χ4n) is 5.10. The normalized spacial score (nSPS) is 23.0. The van der Waals surface area contributed by atoms with Crippen molar-refractivity contribution < 1.29 is 9.90 Å². The second-order valence-electron chi connectivity index (χ2n) is 9.08. The molecule has 0 aromatic heterocycles. The molecular formula is C25H34N2O2. The van der Waals surface area contributed by atoms with E-state index in [-0.39, 0.29) is 11.9 Å². The summed E-state index contributed by atoms with van der Waals surface area (Å²) in [7, 11) is 0. The zero-order chi connectivity index (χ0) is 20.2. The number of likely N-dealkylation sites (tertiary alicyclic amines) is 1. The van der Waals surface area contributed by atoms with Crippen molar-refractivity contribution in [2.24, 2.45) is 5.92 Å². The number of Topliss-reactive ketones (excluding diaryl/α,β-unsaturated/α-hetero) is 1. The van der Waals surface area contributed by atoms with Crippen LogP contribution < -0.4 is 0 Å². The van der Waals surface area contributed by atoms with E-state index in [9.17, 15) is 9.90 Å². The molecule has 2 aliphatic heterocycles. The van der Waals surface area contributed by atoms with E-state index in [4.69, 9.17) is 0 Å².